The zero-order valence-corrected chi connectivity index (χ0v) is 12.7. The van der Waals surface area contributed by atoms with Gasteiger partial charge in [-0.05, 0) is 25.3 Å². The average molecular weight is 349 g/mol. The van der Waals surface area contributed by atoms with Gasteiger partial charge >= 0.3 is 6.18 Å². The van der Waals surface area contributed by atoms with Crippen molar-refractivity contribution < 1.29 is 22.7 Å². The van der Waals surface area contributed by atoms with Crippen molar-refractivity contribution in [3.05, 3.63) is 58.2 Å². The molecular weight excluding hydrogens is 336 g/mol. The van der Waals surface area contributed by atoms with Crippen LogP contribution < -0.4 is 10.6 Å². The Morgan fingerprint density at radius 2 is 2.09 bits per heavy atom. The van der Waals surface area contributed by atoms with E-state index in [-0.39, 0.29) is 5.69 Å². The fourth-order valence-electron chi connectivity index (χ4n) is 2.03. The maximum Gasteiger partial charge on any atom is 0.419 e. The number of phenolic OH excluding ortho intramolecular Hbond substituents is 1. The molecule has 0 amide bonds. The van der Waals surface area contributed by atoms with E-state index >= 15 is 0 Å². The van der Waals surface area contributed by atoms with E-state index in [2.05, 4.69) is 10.6 Å². The Hall–Kier alpha value is -2.15. The number of phenols is 1. The summed E-state index contributed by atoms with van der Waals surface area (Å²) in [6, 6.07) is 0.945. The van der Waals surface area contributed by atoms with Gasteiger partial charge in [0.15, 0.2) is 0 Å². The molecule has 1 aromatic rings. The summed E-state index contributed by atoms with van der Waals surface area (Å²) in [5.41, 5.74) is -0.780. The van der Waals surface area contributed by atoms with E-state index in [9.17, 15) is 22.7 Å². The van der Waals surface area contributed by atoms with Crippen molar-refractivity contribution in [1.29, 1.82) is 0 Å². The van der Waals surface area contributed by atoms with E-state index < -0.39 is 23.3 Å². The predicted molar refractivity (Wildman–Crippen MR) is 80.5 cm³/mol. The van der Waals surface area contributed by atoms with Crippen LogP contribution in [0.4, 0.5) is 23.2 Å². The van der Waals surface area contributed by atoms with Crippen LogP contribution in [0.5, 0.6) is 5.75 Å². The van der Waals surface area contributed by atoms with E-state index in [0.29, 0.717) is 35.0 Å². The van der Waals surface area contributed by atoms with Crippen molar-refractivity contribution in [3.8, 4) is 5.75 Å². The number of halogens is 5. The standard InChI is InChI=1S/C15H13ClF4N2O/c1-2-12(8-3-4-21-7-10(8)16)22-13-5-9(15(18,19)20)11(17)6-14(13)23/h2-6,21-23H,7H2,1H3/b12-2+. The maximum absolute atomic E-state index is 13.4. The van der Waals surface area contributed by atoms with Gasteiger partial charge in [-0.1, -0.05) is 17.7 Å². The third-order valence-corrected chi connectivity index (χ3v) is 3.49. The highest BCUT2D eigenvalue weighted by atomic mass is 35.5. The van der Waals surface area contributed by atoms with Gasteiger partial charge < -0.3 is 15.7 Å². The molecule has 0 aliphatic carbocycles. The Morgan fingerprint density at radius 3 is 2.65 bits per heavy atom. The van der Waals surface area contributed by atoms with Crippen molar-refractivity contribution in [3.63, 3.8) is 0 Å². The number of hydrogen-bond donors (Lipinski definition) is 3. The lowest BCUT2D eigenvalue weighted by atomic mass is 10.1. The van der Waals surface area contributed by atoms with Crippen LogP contribution in [0.1, 0.15) is 12.5 Å². The normalized spacial score (nSPS) is 15.7. The summed E-state index contributed by atoms with van der Waals surface area (Å²) in [7, 11) is 0. The van der Waals surface area contributed by atoms with Crippen LogP contribution >= 0.6 is 11.6 Å². The number of rotatable bonds is 3. The third kappa shape index (κ3) is 3.79. The fraction of sp³-hybridized carbons (Fsp3) is 0.200. The molecule has 0 saturated heterocycles. The monoisotopic (exact) mass is 348 g/mol. The van der Waals surface area contributed by atoms with Gasteiger partial charge in [0.25, 0.3) is 0 Å². The molecule has 1 aliphatic rings. The van der Waals surface area contributed by atoms with Crippen molar-refractivity contribution >= 4 is 17.3 Å². The minimum atomic E-state index is -4.87. The minimum absolute atomic E-state index is 0.268. The number of hydrogen-bond acceptors (Lipinski definition) is 3. The van der Waals surface area contributed by atoms with E-state index in [1.54, 1.807) is 25.3 Å². The smallest absolute Gasteiger partial charge is 0.419 e. The Labute approximate surface area is 135 Å². The first-order valence-electron chi connectivity index (χ1n) is 6.56. The molecule has 1 aromatic carbocycles. The molecular formula is C15H13ClF4N2O. The summed E-state index contributed by atoms with van der Waals surface area (Å²) >= 11 is 6.07. The lowest BCUT2D eigenvalue weighted by molar-refractivity contribution is -0.139. The molecule has 1 aliphatic heterocycles. The molecule has 3 N–H and O–H groups in total. The first-order valence-corrected chi connectivity index (χ1v) is 6.93. The molecule has 0 unspecified atom stereocenters. The molecule has 3 nitrogen and oxygen atoms in total. The summed E-state index contributed by atoms with van der Waals surface area (Å²) in [6.07, 6.45) is -0.00320. The van der Waals surface area contributed by atoms with E-state index in [0.717, 1.165) is 0 Å². The molecule has 124 valence electrons. The molecule has 0 fully saturated rings. The summed E-state index contributed by atoms with van der Waals surface area (Å²) in [6.45, 7) is 2.02. The van der Waals surface area contributed by atoms with Crippen LogP contribution in [-0.4, -0.2) is 11.7 Å². The summed E-state index contributed by atoms with van der Waals surface area (Å²) in [5.74, 6) is -2.17. The van der Waals surface area contributed by atoms with E-state index in [4.69, 9.17) is 11.6 Å². The van der Waals surface area contributed by atoms with Gasteiger partial charge in [0, 0.05) is 22.4 Å². The number of alkyl halides is 3. The van der Waals surface area contributed by atoms with Crippen LogP contribution in [-0.2, 0) is 6.18 Å². The van der Waals surface area contributed by atoms with E-state index in [1.807, 2.05) is 0 Å². The summed E-state index contributed by atoms with van der Waals surface area (Å²) in [5, 5.41) is 15.7. The Balaban J connectivity index is 2.41. The van der Waals surface area contributed by atoms with Gasteiger partial charge in [-0.15, -0.1) is 0 Å². The van der Waals surface area contributed by atoms with Gasteiger partial charge in [0.05, 0.1) is 17.8 Å². The molecule has 0 spiro atoms. The summed E-state index contributed by atoms with van der Waals surface area (Å²) < 4.78 is 51.7. The Bertz CT molecular complexity index is 708. The predicted octanol–water partition coefficient (Wildman–Crippen LogP) is 4.48. The zero-order chi connectivity index (χ0) is 17.2. The fourth-order valence-corrected chi connectivity index (χ4v) is 2.27. The summed E-state index contributed by atoms with van der Waals surface area (Å²) in [4.78, 5) is 0. The second-order valence-corrected chi connectivity index (χ2v) is 5.16. The van der Waals surface area contributed by atoms with Crippen LogP contribution in [0.25, 0.3) is 0 Å². The molecule has 0 radical (unpaired) electrons. The number of benzene rings is 1. The highest BCUT2D eigenvalue weighted by Gasteiger charge is 2.35. The van der Waals surface area contributed by atoms with Gasteiger partial charge in [0.2, 0.25) is 0 Å². The number of allylic oxidation sites excluding steroid dienone is 2. The second kappa shape index (κ2) is 6.54. The SMILES string of the molecule is C/C=C(/Nc1cc(C(F)(F)F)c(F)cc1O)C1=C(Cl)CNC=C1. The van der Waals surface area contributed by atoms with Crippen LogP contribution in [0, 0.1) is 5.82 Å². The highest BCUT2D eigenvalue weighted by molar-refractivity contribution is 6.30. The largest absolute Gasteiger partial charge is 0.506 e. The van der Waals surface area contributed by atoms with E-state index in [1.165, 1.54) is 0 Å². The zero-order valence-electron chi connectivity index (χ0n) is 11.9. The van der Waals surface area contributed by atoms with Crippen molar-refractivity contribution in [2.24, 2.45) is 0 Å². The first-order chi connectivity index (χ1) is 10.7. The Morgan fingerprint density at radius 1 is 1.39 bits per heavy atom. The third-order valence-electron chi connectivity index (χ3n) is 3.16. The highest BCUT2D eigenvalue weighted by Crippen LogP contribution is 2.38. The second-order valence-electron chi connectivity index (χ2n) is 4.71. The molecule has 8 heteroatoms. The number of aromatic hydroxyl groups is 1. The van der Waals surface area contributed by atoms with Gasteiger partial charge in [0.1, 0.15) is 11.6 Å². The molecule has 0 saturated carbocycles. The number of nitrogens with one attached hydrogen (secondary N) is 2. The van der Waals surface area contributed by atoms with Gasteiger partial charge in [-0.3, -0.25) is 0 Å². The molecule has 0 aromatic heterocycles. The Kier molecular flexibility index (Phi) is 4.89. The average Bonchev–Trinajstić information content (AvgIpc) is 2.46. The molecule has 1 heterocycles. The lowest BCUT2D eigenvalue weighted by Gasteiger charge is -2.19. The van der Waals surface area contributed by atoms with Crippen LogP contribution in [0.2, 0.25) is 0 Å². The topological polar surface area (TPSA) is 44.3 Å². The maximum atomic E-state index is 13.4. The van der Waals surface area contributed by atoms with Crippen molar-refractivity contribution in [1.82, 2.24) is 5.32 Å². The quantitative estimate of drug-likeness (QED) is 0.557. The van der Waals surface area contributed by atoms with Gasteiger partial charge in [-0.2, -0.15) is 13.2 Å². The molecule has 2 rings (SSSR count). The van der Waals surface area contributed by atoms with Crippen molar-refractivity contribution in [2.45, 2.75) is 13.1 Å². The molecule has 0 bridgehead atoms. The molecule has 0 atom stereocenters. The van der Waals surface area contributed by atoms with Crippen molar-refractivity contribution in [2.75, 3.05) is 11.9 Å². The van der Waals surface area contributed by atoms with Crippen LogP contribution in [0.15, 0.2) is 46.8 Å². The number of dihydropyridines is 1. The first kappa shape index (κ1) is 17.2. The minimum Gasteiger partial charge on any atom is -0.506 e. The van der Waals surface area contributed by atoms with Crippen LogP contribution in [0.3, 0.4) is 0 Å². The number of anilines is 1. The lowest BCUT2D eigenvalue weighted by Crippen LogP contribution is -2.16. The molecule has 23 heavy (non-hydrogen) atoms. The van der Waals surface area contributed by atoms with Gasteiger partial charge in [-0.25, -0.2) is 4.39 Å².